The zero-order valence-corrected chi connectivity index (χ0v) is 9.42. The van der Waals surface area contributed by atoms with Crippen molar-refractivity contribution in [3.63, 3.8) is 0 Å². The van der Waals surface area contributed by atoms with Crippen molar-refractivity contribution in [3.8, 4) is 0 Å². The minimum absolute atomic E-state index is 0.0365. The second-order valence-corrected chi connectivity index (χ2v) is 3.76. The molecule has 6 heteroatoms. The molecule has 1 aromatic rings. The number of non-ortho nitro benzene ring substituents is 1. The Morgan fingerprint density at radius 2 is 2.06 bits per heavy atom. The van der Waals surface area contributed by atoms with E-state index in [0.29, 0.717) is 13.0 Å². The first-order valence-corrected chi connectivity index (χ1v) is 5.22. The van der Waals surface area contributed by atoms with Gasteiger partial charge in [-0.3, -0.25) is 14.9 Å². The zero-order chi connectivity index (χ0) is 12.8. The summed E-state index contributed by atoms with van der Waals surface area (Å²) in [4.78, 5) is 20.5. The van der Waals surface area contributed by atoms with Crippen LogP contribution in [0.4, 0.5) is 11.4 Å². The lowest BCUT2D eigenvalue weighted by molar-refractivity contribution is -0.384. The number of nitrogens with zero attached hydrogens (tertiary/aromatic N) is 1. The number of carboxylic acids is 1. The predicted molar refractivity (Wildman–Crippen MR) is 63.0 cm³/mol. The fraction of sp³-hybridized carbons (Fsp3) is 0.364. The number of aliphatic carboxylic acids is 1. The largest absolute Gasteiger partial charge is 0.481 e. The van der Waals surface area contributed by atoms with Crippen LogP contribution in [0.1, 0.15) is 13.3 Å². The maximum Gasteiger partial charge on any atom is 0.306 e. The van der Waals surface area contributed by atoms with E-state index in [0.717, 1.165) is 5.69 Å². The van der Waals surface area contributed by atoms with Gasteiger partial charge in [-0.05, 0) is 18.6 Å². The topological polar surface area (TPSA) is 92.5 Å². The summed E-state index contributed by atoms with van der Waals surface area (Å²) in [5.41, 5.74) is 0.780. The Morgan fingerprint density at radius 3 is 2.53 bits per heavy atom. The first-order chi connectivity index (χ1) is 8.00. The number of benzene rings is 1. The average molecular weight is 238 g/mol. The SMILES string of the molecule is CC(CCNc1ccc([N+](=O)[O-])cc1)C(=O)O. The normalized spacial score (nSPS) is 11.8. The molecule has 1 rings (SSSR count). The molecule has 1 aromatic carbocycles. The summed E-state index contributed by atoms with van der Waals surface area (Å²) in [7, 11) is 0. The number of hydrogen-bond acceptors (Lipinski definition) is 4. The molecule has 6 nitrogen and oxygen atoms in total. The number of nitro benzene ring substituents is 1. The maximum absolute atomic E-state index is 10.6. The van der Waals surface area contributed by atoms with Crippen LogP contribution in [0.25, 0.3) is 0 Å². The van der Waals surface area contributed by atoms with Gasteiger partial charge < -0.3 is 10.4 Å². The smallest absolute Gasteiger partial charge is 0.306 e. The van der Waals surface area contributed by atoms with Crippen LogP contribution in [0.3, 0.4) is 0 Å². The summed E-state index contributed by atoms with van der Waals surface area (Å²) in [5.74, 6) is -1.23. The second-order valence-electron chi connectivity index (χ2n) is 3.76. The summed E-state index contributed by atoms with van der Waals surface area (Å²) in [5, 5.41) is 22.1. The van der Waals surface area contributed by atoms with Gasteiger partial charge in [0, 0.05) is 24.4 Å². The Bertz CT molecular complexity index is 402. The van der Waals surface area contributed by atoms with Crippen molar-refractivity contribution >= 4 is 17.3 Å². The van der Waals surface area contributed by atoms with Crippen LogP contribution in [0.15, 0.2) is 24.3 Å². The van der Waals surface area contributed by atoms with Crippen LogP contribution in [0, 0.1) is 16.0 Å². The van der Waals surface area contributed by atoms with Crippen LogP contribution < -0.4 is 5.32 Å². The summed E-state index contributed by atoms with van der Waals surface area (Å²) in [6, 6.07) is 6.01. The molecule has 0 aliphatic rings. The van der Waals surface area contributed by atoms with Crippen molar-refractivity contribution in [1.82, 2.24) is 0 Å². The van der Waals surface area contributed by atoms with Gasteiger partial charge in [0.1, 0.15) is 0 Å². The Balaban J connectivity index is 2.42. The summed E-state index contributed by atoms with van der Waals surface area (Å²) >= 11 is 0. The van der Waals surface area contributed by atoms with E-state index in [1.165, 1.54) is 12.1 Å². The van der Waals surface area contributed by atoms with Crippen LogP contribution in [-0.4, -0.2) is 22.5 Å². The lowest BCUT2D eigenvalue weighted by Gasteiger charge is -2.08. The number of anilines is 1. The molecule has 1 atom stereocenters. The molecule has 1 unspecified atom stereocenters. The standard InChI is InChI=1S/C11H14N2O4/c1-8(11(14)15)6-7-12-9-2-4-10(5-3-9)13(16)17/h2-5,8,12H,6-7H2,1H3,(H,14,15). The van der Waals surface area contributed by atoms with Crippen molar-refractivity contribution in [2.24, 2.45) is 5.92 Å². The highest BCUT2D eigenvalue weighted by atomic mass is 16.6. The number of nitro groups is 1. The minimum Gasteiger partial charge on any atom is -0.481 e. The first kappa shape index (κ1) is 13.0. The lowest BCUT2D eigenvalue weighted by atomic mass is 10.1. The molecule has 0 spiro atoms. The lowest BCUT2D eigenvalue weighted by Crippen LogP contribution is -2.14. The Kier molecular flexibility index (Phi) is 4.45. The van der Waals surface area contributed by atoms with Gasteiger partial charge in [0.25, 0.3) is 5.69 Å². The van der Waals surface area contributed by atoms with Crippen molar-refractivity contribution in [2.75, 3.05) is 11.9 Å². The van der Waals surface area contributed by atoms with Crippen molar-refractivity contribution < 1.29 is 14.8 Å². The molecule has 0 saturated heterocycles. The van der Waals surface area contributed by atoms with E-state index in [2.05, 4.69) is 5.32 Å². The monoisotopic (exact) mass is 238 g/mol. The Morgan fingerprint density at radius 1 is 1.47 bits per heavy atom. The molecule has 92 valence electrons. The van der Waals surface area contributed by atoms with E-state index in [9.17, 15) is 14.9 Å². The number of carbonyl (C=O) groups is 1. The van der Waals surface area contributed by atoms with Crippen LogP contribution in [-0.2, 0) is 4.79 Å². The summed E-state index contributed by atoms with van der Waals surface area (Å²) in [6.45, 7) is 2.16. The van der Waals surface area contributed by atoms with Gasteiger partial charge in [-0.15, -0.1) is 0 Å². The Labute approximate surface area is 98.4 Å². The van der Waals surface area contributed by atoms with Gasteiger partial charge in [-0.2, -0.15) is 0 Å². The third-order valence-corrected chi connectivity index (χ3v) is 2.41. The highest BCUT2D eigenvalue weighted by Gasteiger charge is 2.09. The first-order valence-electron chi connectivity index (χ1n) is 5.22. The average Bonchev–Trinajstić information content (AvgIpc) is 2.29. The predicted octanol–water partition coefficient (Wildman–Crippen LogP) is 2.12. The quantitative estimate of drug-likeness (QED) is 0.585. The zero-order valence-electron chi connectivity index (χ0n) is 9.42. The third kappa shape index (κ3) is 4.10. The fourth-order valence-electron chi connectivity index (χ4n) is 1.26. The molecule has 0 radical (unpaired) electrons. The molecule has 17 heavy (non-hydrogen) atoms. The van der Waals surface area contributed by atoms with Gasteiger partial charge in [0.15, 0.2) is 0 Å². The second kappa shape index (κ2) is 5.83. The number of hydrogen-bond donors (Lipinski definition) is 2. The van der Waals surface area contributed by atoms with Crippen molar-refractivity contribution in [3.05, 3.63) is 34.4 Å². The molecule has 0 aromatic heterocycles. The molecule has 0 bridgehead atoms. The molecule has 0 amide bonds. The summed E-state index contributed by atoms with van der Waals surface area (Å²) < 4.78 is 0. The van der Waals surface area contributed by atoms with E-state index in [1.54, 1.807) is 19.1 Å². The molecule has 2 N–H and O–H groups in total. The van der Waals surface area contributed by atoms with Gasteiger partial charge in [0.05, 0.1) is 10.8 Å². The summed E-state index contributed by atoms with van der Waals surface area (Å²) in [6.07, 6.45) is 0.506. The van der Waals surface area contributed by atoms with E-state index in [4.69, 9.17) is 5.11 Å². The van der Waals surface area contributed by atoms with Crippen LogP contribution in [0.5, 0.6) is 0 Å². The van der Waals surface area contributed by atoms with E-state index in [-0.39, 0.29) is 5.69 Å². The van der Waals surface area contributed by atoms with Gasteiger partial charge >= 0.3 is 5.97 Å². The molecule has 0 fully saturated rings. The van der Waals surface area contributed by atoms with E-state index >= 15 is 0 Å². The maximum atomic E-state index is 10.6. The minimum atomic E-state index is -0.824. The molecule has 0 aliphatic heterocycles. The van der Waals surface area contributed by atoms with Crippen LogP contribution >= 0.6 is 0 Å². The van der Waals surface area contributed by atoms with Crippen LogP contribution in [0.2, 0.25) is 0 Å². The van der Waals surface area contributed by atoms with Gasteiger partial charge in [0.2, 0.25) is 0 Å². The highest BCUT2D eigenvalue weighted by molar-refractivity contribution is 5.69. The van der Waals surface area contributed by atoms with E-state index < -0.39 is 16.8 Å². The molecular formula is C11H14N2O4. The van der Waals surface area contributed by atoms with E-state index in [1.807, 2.05) is 0 Å². The van der Waals surface area contributed by atoms with Gasteiger partial charge in [-0.25, -0.2) is 0 Å². The number of carboxylic acid groups (broad SMARTS) is 1. The van der Waals surface area contributed by atoms with Crippen molar-refractivity contribution in [2.45, 2.75) is 13.3 Å². The number of nitrogens with one attached hydrogen (secondary N) is 1. The van der Waals surface area contributed by atoms with Crippen molar-refractivity contribution in [1.29, 1.82) is 0 Å². The third-order valence-electron chi connectivity index (χ3n) is 2.41. The van der Waals surface area contributed by atoms with Gasteiger partial charge in [-0.1, -0.05) is 6.92 Å². The fourth-order valence-corrected chi connectivity index (χ4v) is 1.26. The molecular weight excluding hydrogens is 224 g/mol. The molecule has 0 saturated carbocycles. The Hall–Kier alpha value is -2.11. The molecule has 0 aliphatic carbocycles. The molecule has 0 heterocycles. The highest BCUT2D eigenvalue weighted by Crippen LogP contribution is 2.15. The number of rotatable bonds is 6.